The minimum atomic E-state index is -1.57. The summed E-state index contributed by atoms with van der Waals surface area (Å²) >= 11 is 0. The van der Waals surface area contributed by atoms with Gasteiger partial charge in [-0.1, -0.05) is 62.1 Å². The fourth-order valence-corrected chi connectivity index (χ4v) is 5.53. The standard InChI is InChI=1S/C24H32N2O3Si/c1-30(2,3)19-26(18-20-9-5-4-6-10-20)22(28)17-24(13-11-21(27)12-14-24)23(29)25-15-7-8-16-25/h4-6,9-14H,7-8,15-19H2,1-3H3. The van der Waals surface area contributed by atoms with Gasteiger partial charge >= 0.3 is 0 Å². The van der Waals surface area contributed by atoms with Gasteiger partial charge in [-0.25, -0.2) is 0 Å². The predicted octanol–water partition coefficient (Wildman–Crippen LogP) is 3.59. The molecule has 6 heteroatoms. The summed E-state index contributed by atoms with van der Waals surface area (Å²) in [5.74, 6) is -0.256. The lowest BCUT2D eigenvalue weighted by Gasteiger charge is -2.35. The van der Waals surface area contributed by atoms with Crippen molar-refractivity contribution >= 4 is 25.7 Å². The van der Waals surface area contributed by atoms with E-state index in [-0.39, 0.29) is 24.0 Å². The summed E-state index contributed by atoms with van der Waals surface area (Å²) in [6.07, 6.45) is 8.89. The molecule has 0 aromatic heterocycles. The first-order chi connectivity index (χ1) is 14.2. The number of likely N-dealkylation sites (tertiary alicyclic amines) is 1. The molecule has 2 amide bonds. The molecule has 1 aromatic carbocycles. The maximum absolute atomic E-state index is 13.5. The molecule has 0 bridgehead atoms. The summed E-state index contributed by atoms with van der Waals surface area (Å²) in [5, 5.41) is 0. The molecule has 2 aliphatic rings. The molecule has 0 saturated carbocycles. The smallest absolute Gasteiger partial charge is 0.237 e. The SMILES string of the molecule is C[Si](C)(C)CN(Cc1ccccc1)C(=O)CC1(C(=O)N2CCCC2)C=CC(=O)C=C1. The van der Waals surface area contributed by atoms with E-state index in [1.54, 1.807) is 12.2 Å². The van der Waals surface area contributed by atoms with Crippen LogP contribution in [0, 0.1) is 5.41 Å². The zero-order valence-electron chi connectivity index (χ0n) is 18.3. The van der Waals surface area contributed by atoms with Crippen LogP contribution in [0.5, 0.6) is 0 Å². The highest BCUT2D eigenvalue weighted by Crippen LogP contribution is 2.34. The zero-order chi connectivity index (χ0) is 21.8. The van der Waals surface area contributed by atoms with Crippen LogP contribution < -0.4 is 0 Å². The Kier molecular flexibility index (Phi) is 6.76. The van der Waals surface area contributed by atoms with E-state index in [9.17, 15) is 14.4 Å². The van der Waals surface area contributed by atoms with Crippen molar-refractivity contribution < 1.29 is 14.4 Å². The number of hydrogen-bond donors (Lipinski definition) is 0. The number of carbonyl (C=O) groups excluding carboxylic acids is 3. The first kappa shape index (κ1) is 22.2. The number of benzene rings is 1. The Morgan fingerprint density at radius 2 is 1.63 bits per heavy atom. The predicted molar refractivity (Wildman–Crippen MR) is 121 cm³/mol. The molecular formula is C24H32N2O3Si. The van der Waals surface area contributed by atoms with Crippen LogP contribution >= 0.6 is 0 Å². The Balaban J connectivity index is 1.85. The fraction of sp³-hybridized carbons (Fsp3) is 0.458. The summed E-state index contributed by atoms with van der Waals surface area (Å²) in [4.78, 5) is 42.4. The number of carbonyl (C=O) groups is 3. The molecule has 30 heavy (non-hydrogen) atoms. The van der Waals surface area contributed by atoms with Crippen molar-refractivity contribution in [3.63, 3.8) is 0 Å². The van der Waals surface area contributed by atoms with Crippen molar-refractivity contribution in [2.24, 2.45) is 5.41 Å². The summed E-state index contributed by atoms with van der Waals surface area (Å²) in [6.45, 7) is 8.68. The van der Waals surface area contributed by atoms with E-state index in [1.165, 1.54) is 12.2 Å². The van der Waals surface area contributed by atoms with E-state index >= 15 is 0 Å². The summed E-state index contributed by atoms with van der Waals surface area (Å²) in [5.41, 5.74) is 0.0119. The number of nitrogens with zero attached hydrogens (tertiary/aromatic N) is 2. The quantitative estimate of drug-likeness (QED) is 0.629. The fourth-order valence-electron chi connectivity index (χ4n) is 4.09. The number of rotatable bonds is 7. The first-order valence-electron chi connectivity index (χ1n) is 10.7. The van der Waals surface area contributed by atoms with Gasteiger partial charge in [-0.3, -0.25) is 14.4 Å². The molecule has 160 valence electrons. The molecule has 0 N–H and O–H groups in total. The molecule has 1 heterocycles. The average molecular weight is 425 g/mol. The van der Waals surface area contributed by atoms with E-state index in [0.29, 0.717) is 19.6 Å². The van der Waals surface area contributed by atoms with Crippen LogP contribution in [-0.2, 0) is 20.9 Å². The number of amides is 2. The monoisotopic (exact) mass is 424 g/mol. The van der Waals surface area contributed by atoms with Crippen molar-refractivity contribution in [3.8, 4) is 0 Å². The average Bonchev–Trinajstić information content (AvgIpc) is 3.23. The van der Waals surface area contributed by atoms with E-state index in [2.05, 4.69) is 19.6 Å². The molecule has 0 radical (unpaired) electrons. The van der Waals surface area contributed by atoms with Gasteiger partial charge < -0.3 is 9.80 Å². The molecule has 1 saturated heterocycles. The van der Waals surface area contributed by atoms with Gasteiger partial charge in [0, 0.05) is 32.2 Å². The molecule has 3 rings (SSSR count). The first-order valence-corrected chi connectivity index (χ1v) is 14.4. The van der Waals surface area contributed by atoms with Gasteiger partial charge in [0.25, 0.3) is 0 Å². The second-order valence-corrected chi connectivity index (χ2v) is 15.0. The van der Waals surface area contributed by atoms with Gasteiger partial charge in [-0.2, -0.15) is 0 Å². The normalized spacial score (nSPS) is 18.0. The van der Waals surface area contributed by atoms with Gasteiger partial charge in [0.2, 0.25) is 11.8 Å². The lowest BCUT2D eigenvalue weighted by atomic mass is 9.79. The van der Waals surface area contributed by atoms with E-state index in [4.69, 9.17) is 0 Å². The van der Waals surface area contributed by atoms with E-state index < -0.39 is 13.5 Å². The zero-order valence-corrected chi connectivity index (χ0v) is 19.3. The Morgan fingerprint density at radius 1 is 1.03 bits per heavy atom. The summed E-state index contributed by atoms with van der Waals surface area (Å²) in [6, 6.07) is 9.96. The summed E-state index contributed by atoms with van der Waals surface area (Å²) < 4.78 is 0. The largest absolute Gasteiger partial charge is 0.342 e. The van der Waals surface area contributed by atoms with Gasteiger partial charge in [-0.15, -0.1) is 0 Å². The summed E-state index contributed by atoms with van der Waals surface area (Å²) in [7, 11) is -1.57. The third-order valence-electron chi connectivity index (χ3n) is 5.56. The number of allylic oxidation sites excluding steroid dienone is 2. The van der Waals surface area contributed by atoms with Crippen molar-refractivity contribution in [2.45, 2.75) is 45.4 Å². The molecule has 5 nitrogen and oxygen atoms in total. The van der Waals surface area contributed by atoms with E-state index in [1.807, 2.05) is 40.1 Å². The van der Waals surface area contributed by atoms with Crippen molar-refractivity contribution in [1.82, 2.24) is 9.80 Å². The Labute approximate surface area is 180 Å². The molecule has 0 atom stereocenters. The van der Waals surface area contributed by atoms with Crippen LogP contribution in [-0.4, -0.2) is 54.7 Å². The maximum atomic E-state index is 13.5. The molecule has 1 aliphatic heterocycles. The van der Waals surface area contributed by atoms with Gasteiger partial charge in [0.05, 0.1) is 13.5 Å². The highest BCUT2D eigenvalue weighted by Gasteiger charge is 2.42. The molecule has 0 unspecified atom stereocenters. The minimum absolute atomic E-state index is 0.0440. The van der Waals surface area contributed by atoms with Crippen molar-refractivity contribution in [3.05, 3.63) is 60.2 Å². The lowest BCUT2D eigenvalue weighted by molar-refractivity contribution is -0.142. The van der Waals surface area contributed by atoms with Crippen LogP contribution in [0.4, 0.5) is 0 Å². The number of ketones is 1. The second kappa shape index (κ2) is 9.12. The third kappa shape index (κ3) is 5.57. The Bertz CT molecular complexity index is 833. The lowest BCUT2D eigenvalue weighted by Crippen LogP contribution is -2.48. The molecule has 1 aromatic rings. The Morgan fingerprint density at radius 3 is 2.20 bits per heavy atom. The molecule has 0 spiro atoms. The van der Waals surface area contributed by atoms with Crippen LogP contribution in [0.25, 0.3) is 0 Å². The van der Waals surface area contributed by atoms with Gasteiger partial charge in [-0.05, 0) is 30.6 Å². The van der Waals surface area contributed by atoms with Crippen LogP contribution in [0.2, 0.25) is 19.6 Å². The molecule has 1 fully saturated rings. The van der Waals surface area contributed by atoms with Crippen molar-refractivity contribution in [2.75, 3.05) is 19.3 Å². The molecular weight excluding hydrogens is 392 g/mol. The Hall–Kier alpha value is -2.47. The van der Waals surface area contributed by atoms with Crippen LogP contribution in [0.15, 0.2) is 54.6 Å². The van der Waals surface area contributed by atoms with Crippen molar-refractivity contribution in [1.29, 1.82) is 0 Å². The minimum Gasteiger partial charge on any atom is -0.342 e. The van der Waals surface area contributed by atoms with Gasteiger partial charge in [0.1, 0.15) is 0 Å². The number of hydrogen-bond acceptors (Lipinski definition) is 3. The van der Waals surface area contributed by atoms with Crippen LogP contribution in [0.3, 0.4) is 0 Å². The second-order valence-electron chi connectivity index (χ2n) is 9.58. The van der Waals surface area contributed by atoms with Gasteiger partial charge in [0.15, 0.2) is 5.78 Å². The molecule has 1 aliphatic carbocycles. The third-order valence-corrected chi connectivity index (χ3v) is 6.89. The van der Waals surface area contributed by atoms with E-state index in [0.717, 1.165) is 24.6 Å². The highest BCUT2D eigenvalue weighted by molar-refractivity contribution is 6.76. The highest BCUT2D eigenvalue weighted by atomic mass is 28.3. The maximum Gasteiger partial charge on any atom is 0.237 e. The topological polar surface area (TPSA) is 57.7 Å². The van der Waals surface area contributed by atoms with Crippen LogP contribution in [0.1, 0.15) is 24.8 Å².